The molecule has 3 aliphatic carbocycles. The molecule has 0 aromatic heterocycles. The van der Waals surface area contributed by atoms with Gasteiger partial charge in [0.2, 0.25) is 21.8 Å². The van der Waals surface area contributed by atoms with Crippen LogP contribution in [0.2, 0.25) is 0 Å². The minimum atomic E-state index is -3.69. The second-order valence-corrected chi connectivity index (χ2v) is 11.2. The van der Waals surface area contributed by atoms with Crippen molar-refractivity contribution in [3.05, 3.63) is 12.2 Å². The Labute approximate surface area is 177 Å². The van der Waals surface area contributed by atoms with Gasteiger partial charge in [-0.15, -0.1) is 0 Å². The van der Waals surface area contributed by atoms with E-state index >= 15 is 0 Å². The Morgan fingerprint density at radius 1 is 1.13 bits per heavy atom. The number of amides is 3. The minimum Gasteiger partial charge on any atom is -0.346 e. The van der Waals surface area contributed by atoms with E-state index < -0.39 is 32.6 Å². The number of nitrogens with zero attached hydrogens (tertiary/aromatic N) is 1. The minimum absolute atomic E-state index is 0.0117. The number of rotatable bonds is 3. The third kappa shape index (κ3) is 4.13. The Kier molecular flexibility index (Phi) is 5.67. The summed E-state index contributed by atoms with van der Waals surface area (Å²) in [6, 6.07) is 0. The Morgan fingerprint density at radius 3 is 2.60 bits per heavy atom. The third-order valence-corrected chi connectivity index (χ3v) is 8.81. The summed E-state index contributed by atoms with van der Waals surface area (Å²) in [6.07, 6.45) is 10.1. The third-order valence-electron chi connectivity index (χ3n) is 6.99. The maximum Gasteiger partial charge on any atom is 0.259 e. The molecular weight excluding hydrogens is 406 g/mol. The standard InChI is InChI=1S/C21H31N3O5S/c1-24-12-5-3-2-4-7-14-13-21(14,20(27)23-30(28,29)15-10-11-15)22-18(25)16-8-6-9-17(16)19(24)26/h4,7,14-17H,2-3,5-6,8-13H2,1H3,(H,22,25)(H,23,27)/b7-4-/t14-,16-,17-,21-/m1/s1. The molecule has 0 aromatic carbocycles. The SMILES string of the molecule is CN1CCCC/C=C\[C@@H]2C[C@@]2(C(=O)NS(=O)(=O)C2CC2)NC(=O)[C@@H]2CCC[C@H]2C1=O. The summed E-state index contributed by atoms with van der Waals surface area (Å²) in [5, 5.41) is 2.37. The fourth-order valence-electron chi connectivity index (χ4n) is 4.81. The van der Waals surface area contributed by atoms with E-state index in [9.17, 15) is 22.8 Å². The van der Waals surface area contributed by atoms with Crippen LogP contribution >= 0.6 is 0 Å². The average Bonchev–Trinajstić information content (AvgIpc) is 3.60. The van der Waals surface area contributed by atoms with Gasteiger partial charge in [0.15, 0.2) is 0 Å². The summed E-state index contributed by atoms with van der Waals surface area (Å²) in [4.78, 5) is 40.7. The van der Waals surface area contributed by atoms with Crippen molar-refractivity contribution < 1.29 is 22.8 Å². The van der Waals surface area contributed by atoms with Crippen LogP contribution in [0.25, 0.3) is 0 Å². The van der Waals surface area contributed by atoms with Gasteiger partial charge in [0.1, 0.15) is 5.54 Å². The van der Waals surface area contributed by atoms with E-state index in [4.69, 9.17) is 0 Å². The van der Waals surface area contributed by atoms with E-state index in [1.54, 1.807) is 11.9 Å². The molecule has 30 heavy (non-hydrogen) atoms. The van der Waals surface area contributed by atoms with Crippen molar-refractivity contribution in [1.29, 1.82) is 0 Å². The van der Waals surface area contributed by atoms with Gasteiger partial charge in [-0.05, 0) is 51.4 Å². The molecule has 0 aromatic rings. The lowest BCUT2D eigenvalue weighted by atomic mass is 9.93. The molecule has 3 saturated carbocycles. The van der Waals surface area contributed by atoms with Crippen molar-refractivity contribution in [1.82, 2.24) is 14.9 Å². The maximum atomic E-state index is 13.1. The summed E-state index contributed by atoms with van der Waals surface area (Å²) in [5.74, 6) is -2.05. The summed E-state index contributed by atoms with van der Waals surface area (Å²) >= 11 is 0. The topological polar surface area (TPSA) is 113 Å². The van der Waals surface area contributed by atoms with Crippen LogP contribution < -0.4 is 10.0 Å². The highest BCUT2D eigenvalue weighted by molar-refractivity contribution is 7.91. The van der Waals surface area contributed by atoms with E-state index in [1.165, 1.54) is 0 Å². The zero-order valence-corrected chi connectivity index (χ0v) is 18.2. The fraction of sp³-hybridized carbons (Fsp3) is 0.762. The van der Waals surface area contributed by atoms with E-state index in [0.29, 0.717) is 38.6 Å². The zero-order chi connectivity index (χ0) is 21.5. The molecule has 4 aliphatic rings. The van der Waals surface area contributed by atoms with Crippen molar-refractivity contribution in [3.8, 4) is 0 Å². The van der Waals surface area contributed by atoms with Crippen molar-refractivity contribution in [2.24, 2.45) is 17.8 Å². The molecule has 0 radical (unpaired) electrons. The second kappa shape index (κ2) is 7.98. The quantitative estimate of drug-likeness (QED) is 0.642. The predicted molar refractivity (Wildman–Crippen MR) is 111 cm³/mol. The number of allylic oxidation sites excluding steroid dienone is 1. The first-order valence-corrected chi connectivity index (χ1v) is 12.6. The van der Waals surface area contributed by atoms with Crippen LogP contribution in [0.5, 0.6) is 0 Å². The van der Waals surface area contributed by atoms with Gasteiger partial charge in [-0.1, -0.05) is 18.6 Å². The largest absolute Gasteiger partial charge is 0.346 e. The van der Waals surface area contributed by atoms with Crippen LogP contribution in [0.1, 0.15) is 57.8 Å². The molecule has 8 nitrogen and oxygen atoms in total. The summed E-state index contributed by atoms with van der Waals surface area (Å²) in [5.41, 5.74) is -1.23. The number of fused-ring (bicyclic) bond motifs is 2. The lowest BCUT2D eigenvalue weighted by Gasteiger charge is -2.27. The molecule has 1 aliphatic heterocycles. The van der Waals surface area contributed by atoms with Crippen molar-refractivity contribution >= 4 is 27.7 Å². The van der Waals surface area contributed by atoms with Gasteiger partial charge in [-0.2, -0.15) is 0 Å². The van der Waals surface area contributed by atoms with Crippen molar-refractivity contribution in [2.75, 3.05) is 13.6 Å². The molecule has 166 valence electrons. The van der Waals surface area contributed by atoms with Gasteiger partial charge in [-0.3, -0.25) is 19.1 Å². The number of hydrogen-bond donors (Lipinski definition) is 2. The van der Waals surface area contributed by atoms with E-state index in [2.05, 4.69) is 10.0 Å². The number of carbonyl (C=O) groups is 3. The fourth-order valence-corrected chi connectivity index (χ4v) is 6.17. The lowest BCUT2D eigenvalue weighted by molar-refractivity contribution is -0.140. The van der Waals surface area contributed by atoms with Crippen LogP contribution in [0.15, 0.2) is 12.2 Å². The molecule has 0 saturated heterocycles. The number of sulfonamides is 1. The van der Waals surface area contributed by atoms with Gasteiger partial charge in [0.25, 0.3) is 5.91 Å². The number of hydrogen-bond acceptors (Lipinski definition) is 5. The molecular formula is C21H31N3O5S. The van der Waals surface area contributed by atoms with Crippen molar-refractivity contribution in [2.45, 2.75) is 68.6 Å². The first-order chi connectivity index (χ1) is 14.2. The average molecular weight is 438 g/mol. The molecule has 9 heteroatoms. The highest BCUT2D eigenvalue weighted by Crippen LogP contribution is 2.46. The highest BCUT2D eigenvalue weighted by atomic mass is 32.2. The Morgan fingerprint density at radius 2 is 1.87 bits per heavy atom. The smallest absolute Gasteiger partial charge is 0.259 e. The van der Waals surface area contributed by atoms with Crippen LogP contribution in [0, 0.1) is 17.8 Å². The first-order valence-electron chi connectivity index (χ1n) is 11.0. The van der Waals surface area contributed by atoms with Crippen LogP contribution in [-0.4, -0.2) is 55.4 Å². The number of nitrogens with one attached hydrogen (secondary N) is 2. The molecule has 3 amide bonds. The molecule has 4 rings (SSSR count). The second-order valence-electron chi connectivity index (χ2n) is 9.27. The highest BCUT2D eigenvalue weighted by Gasteiger charge is 2.61. The first kappa shape index (κ1) is 21.3. The van der Waals surface area contributed by atoms with E-state index in [-0.39, 0.29) is 23.7 Å². The zero-order valence-electron chi connectivity index (χ0n) is 17.4. The predicted octanol–water partition coefficient (Wildman–Crippen LogP) is 1.08. The molecule has 0 spiro atoms. The lowest BCUT2D eigenvalue weighted by Crippen LogP contribution is -2.54. The molecule has 0 unspecified atom stereocenters. The summed E-state index contributed by atoms with van der Waals surface area (Å²) < 4.78 is 26.8. The van der Waals surface area contributed by atoms with Gasteiger partial charge >= 0.3 is 0 Å². The molecule has 4 atom stereocenters. The summed E-state index contributed by atoms with van der Waals surface area (Å²) in [7, 11) is -1.91. The van der Waals surface area contributed by atoms with Gasteiger partial charge in [0.05, 0.1) is 5.25 Å². The maximum absolute atomic E-state index is 13.1. The summed E-state index contributed by atoms with van der Waals surface area (Å²) in [6.45, 7) is 0.673. The van der Waals surface area contributed by atoms with E-state index in [1.807, 2.05) is 12.2 Å². The molecule has 1 heterocycles. The van der Waals surface area contributed by atoms with Crippen molar-refractivity contribution in [3.63, 3.8) is 0 Å². The van der Waals surface area contributed by atoms with Gasteiger partial charge in [-0.25, -0.2) is 8.42 Å². The Bertz CT molecular complexity index is 866. The Hall–Kier alpha value is -1.90. The van der Waals surface area contributed by atoms with Gasteiger partial charge in [0, 0.05) is 31.3 Å². The molecule has 3 fully saturated rings. The normalized spacial score (nSPS) is 36.2. The van der Waals surface area contributed by atoms with Crippen LogP contribution in [0.3, 0.4) is 0 Å². The molecule has 0 bridgehead atoms. The molecule has 2 N–H and O–H groups in total. The van der Waals surface area contributed by atoms with Crippen LogP contribution in [-0.2, 0) is 24.4 Å². The van der Waals surface area contributed by atoms with Crippen LogP contribution in [0.4, 0.5) is 0 Å². The van der Waals surface area contributed by atoms with Gasteiger partial charge < -0.3 is 10.2 Å². The van der Waals surface area contributed by atoms with E-state index in [0.717, 1.165) is 25.7 Å². The number of carbonyl (C=O) groups excluding carboxylic acids is 3. The Balaban J connectivity index is 1.57. The monoisotopic (exact) mass is 437 g/mol.